The molecule has 0 saturated carbocycles. The largest absolute Gasteiger partial charge is 0.494 e. The van der Waals surface area contributed by atoms with Crippen LogP contribution in [0, 0.1) is 5.41 Å². The van der Waals surface area contributed by atoms with E-state index >= 15 is 0 Å². The number of hydrogen-bond acceptors (Lipinski definition) is 5. The molecule has 0 aliphatic rings. The van der Waals surface area contributed by atoms with Gasteiger partial charge in [-0.25, -0.2) is 4.79 Å². The number of methoxy groups -OCH3 is 1. The highest BCUT2D eigenvalue weighted by atomic mass is 16.5. The van der Waals surface area contributed by atoms with Crippen LogP contribution in [0.15, 0.2) is 18.2 Å². The van der Waals surface area contributed by atoms with Gasteiger partial charge in [0, 0.05) is 12.0 Å². The van der Waals surface area contributed by atoms with Crippen LogP contribution in [0.5, 0.6) is 5.75 Å². The monoisotopic (exact) mass is 277 g/mol. The average molecular weight is 277 g/mol. The zero-order chi connectivity index (χ0) is 15.1. The van der Waals surface area contributed by atoms with Crippen molar-refractivity contribution in [2.45, 2.75) is 26.7 Å². The van der Waals surface area contributed by atoms with Gasteiger partial charge in [0.1, 0.15) is 11.5 Å². The molecular weight excluding hydrogens is 258 g/mol. The highest BCUT2D eigenvalue weighted by Crippen LogP contribution is 2.19. The summed E-state index contributed by atoms with van der Waals surface area (Å²) in [5, 5.41) is 7.85. The van der Waals surface area contributed by atoms with Crippen molar-refractivity contribution in [1.29, 1.82) is 5.41 Å². The third-order valence-corrected chi connectivity index (χ3v) is 2.69. The van der Waals surface area contributed by atoms with Gasteiger partial charge in [-0.15, -0.1) is 0 Å². The second-order valence-corrected chi connectivity index (χ2v) is 4.24. The molecule has 0 aliphatic heterocycles. The van der Waals surface area contributed by atoms with Crippen LogP contribution >= 0.6 is 0 Å². The molecule has 0 saturated heterocycles. The van der Waals surface area contributed by atoms with Gasteiger partial charge in [-0.3, -0.25) is 10.2 Å². The Balaban J connectivity index is 3.18. The maximum atomic E-state index is 11.6. The Hall–Kier alpha value is -2.17. The molecule has 1 aromatic carbocycles. The first kappa shape index (κ1) is 15.9. The minimum absolute atomic E-state index is 0.125. The molecule has 1 N–H and O–H groups in total. The van der Waals surface area contributed by atoms with Crippen LogP contribution in [0.1, 0.15) is 42.6 Å². The third-order valence-electron chi connectivity index (χ3n) is 2.69. The highest BCUT2D eigenvalue weighted by molar-refractivity contribution is 6.45. The van der Waals surface area contributed by atoms with Gasteiger partial charge in [-0.1, -0.05) is 13.8 Å². The van der Waals surface area contributed by atoms with Gasteiger partial charge in [0.2, 0.25) is 0 Å². The smallest absolute Gasteiger partial charge is 0.338 e. The van der Waals surface area contributed by atoms with Gasteiger partial charge in [-0.2, -0.15) is 0 Å². The van der Waals surface area contributed by atoms with Crippen molar-refractivity contribution >= 4 is 17.5 Å². The summed E-state index contributed by atoms with van der Waals surface area (Å²) in [5.74, 6) is -0.350. The van der Waals surface area contributed by atoms with Gasteiger partial charge < -0.3 is 9.47 Å². The molecule has 0 radical (unpaired) electrons. The van der Waals surface area contributed by atoms with Crippen molar-refractivity contribution in [3.63, 3.8) is 0 Å². The Kier molecular flexibility index (Phi) is 5.90. The molecule has 0 unspecified atom stereocenters. The fourth-order valence-corrected chi connectivity index (χ4v) is 1.62. The summed E-state index contributed by atoms with van der Waals surface area (Å²) in [4.78, 5) is 23.2. The molecule has 0 amide bonds. The van der Waals surface area contributed by atoms with E-state index in [-0.39, 0.29) is 23.5 Å². The minimum atomic E-state index is -0.523. The molecular formula is C15H19NO4. The van der Waals surface area contributed by atoms with Gasteiger partial charge >= 0.3 is 5.97 Å². The predicted octanol–water partition coefficient (Wildman–Crippen LogP) is 2.61. The first-order valence-corrected chi connectivity index (χ1v) is 6.51. The average Bonchev–Trinajstić information content (AvgIpc) is 2.50. The van der Waals surface area contributed by atoms with Crippen molar-refractivity contribution in [2.24, 2.45) is 0 Å². The number of ether oxygens (including phenoxy) is 2. The molecule has 20 heavy (non-hydrogen) atoms. The number of carbonyl (C=O) groups is 2. The number of rotatable bonds is 7. The molecule has 0 atom stereocenters. The number of hydrogen-bond donors (Lipinski definition) is 1. The predicted molar refractivity (Wildman–Crippen MR) is 75.7 cm³/mol. The van der Waals surface area contributed by atoms with Crippen LogP contribution < -0.4 is 4.74 Å². The van der Waals surface area contributed by atoms with Crippen LogP contribution in [0.2, 0.25) is 0 Å². The first-order valence-electron chi connectivity index (χ1n) is 6.51. The van der Waals surface area contributed by atoms with Crippen molar-refractivity contribution in [1.82, 2.24) is 0 Å². The summed E-state index contributed by atoms with van der Waals surface area (Å²) < 4.78 is 10.1. The lowest BCUT2D eigenvalue weighted by molar-refractivity contribution is -0.112. The van der Waals surface area contributed by atoms with Crippen LogP contribution in [0.25, 0.3) is 0 Å². The van der Waals surface area contributed by atoms with Gasteiger partial charge in [0.25, 0.3) is 0 Å². The fourth-order valence-electron chi connectivity index (χ4n) is 1.62. The van der Waals surface area contributed by atoms with E-state index in [9.17, 15) is 9.59 Å². The number of benzene rings is 1. The summed E-state index contributed by atoms with van der Waals surface area (Å²) in [6, 6.07) is 4.62. The topological polar surface area (TPSA) is 76.5 Å². The zero-order valence-electron chi connectivity index (χ0n) is 12.0. The number of nitrogens with one attached hydrogen (secondary N) is 1. The summed E-state index contributed by atoms with van der Waals surface area (Å²) in [6.45, 7) is 4.16. The molecule has 108 valence electrons. The standard InChI is InChI=1S/C15H19NO4/c1-4-6-20-12-8-10(14(16)13(17)5-2)7-11(9-12)15(18)19-3/h7-9,16H,4-6H2,1-3H3. The Bertz CT molecular complexity index is 523. The lowest BCUT2D eigenvalue weighted by Gasteiger charge is -2.10. The molecule has 0 aliphatic carbocycles. The third kappa shape index (κ3) is 3.91. The SMILES string of the molecule is CCCOc1cc(C(=N)C(=O)CC)cc(C(=O)OC)c1. The Labute approximate surface area is 118 Å². The van der Waals surface area contributed by atoms with E-state index in [1.165, 1.54) is 13.2 Å². The molecule has 1 rings (SSSR count). The second kappa shape index (κ2) is 7.43. The molecule has 0 bridgehead atoms. The van der Waals surface area contributed by atoms with Crippen LogP contribution in [-0.2, 0) is 9.53 Å². The quantitative estimate of drug-likeness (QED) is 0.614. The lowest BCUT2D eigenvalue weighted by Crippen LogP contribution is -2.14. The van der Waals surface area contributed by atoms with Crippen molar-refractivity contribution in [2.75, 3.05) is 13.7 Å². The zero-order valence-corrected chi connectivity index (χ0v) is 12.0. The normalized spacial score (nSPS) is 9.95. The fraction of sp³-hybridized carbons (Fsp3) is 0.400. The summed E-state index contributed by atoms with van der Waals surface area (Å²) in [6.07, 6.45) is 1.07. The number of Topliss-reactive ketones (excluding diaryl/α,β-unsaturated/α-hetero) is 1. The molecule has 0 fully saturated rings. The number of carbonyl (C=O) groups excluding carboxylic acids is 2. The number of esters is 1. The van der Waals surface area contributed by atoms with Gasteiger partial charge in [0.05, 0.1) is 19.3 Å². The van der Waals surface area contributed by atoms with Crippen LogP contribution in [0.3, 0.4) is 0 Å². The van der Waals surface area contributed by atoms with E-state index < -0.39 is 5.97 Å². The maximum absolute atomic E-state index is 11.6. The molecule has 5 heteroatoms. The number of ketones is 1. The molecule has 5 nitrogen and oxygen atoms in total. The minimum Gasteiger partial charge on any atom is -0.494 e. The first-order chi connectivity index (χ1) is 9.53. The van der Waals surface area contributed by atoms with Crippen molar-refractivity contribution < 1.29 is 19.1 Å². The van der Waals surface area contributed by atoms with Gasteiger partial charge in [0.15, 0.2) is 5.78 Å². The Morgan fingerprint density at radius 3 is 2.35 bits per heavy atom. The summed E-state index contributed by atoms with van der Waals surface area (Å²) in [7, 11) is 1.28. The molecule has 1 aromatic rings. The van der Waals surface area contributed by atoms with E-state index in [0.717, 1.165) is 6.42 Å². The molecule has 0 aromatic heterocycles. The Morgan fingerprint density at radius 2 is 1.80 bits per heavy atom. The molecule has 0 spiro atoms. The summed E-state index contributed by atoms with van der Waals surface area (Å²) >= 11 is 0. The van der Waals surface area contributed by atoms with Crippen LogP contribution in [0.4, 0.5) is 0 Å². The Morgan fingerprint density at radius 1 is 1.15 bits per heavy atom. The van der Waals surface area contributed by atoms with E-state index in [1.807, 2.05) is 6.92 Å². The maximum Gasteiger partial charge on any atom is 0.338 e. The van der Waals surface area contributed by atoms with E-state index in [2.05, 4.69) is 4.74 Å². The van der Waals surface area contributed by atoms with Crippen molar-refractivity contribution in [3.8, 4) is 5.75 Å². The van der Waals surface area contributed by atoms with Crippen LogP contribution in [-0.4, -0.2) is 31.2 Å². The lowest BCUT2D eigenvalue weighted by atomic mass is 10.0. The highest BCUT2D eigenvalue weighted by Gasteiger charge is 2.15. The second-order valence-electron chi connectivity index (χ2n) is 4.24. The van der Waals surface area contributed by atoms with E-state index in [4.69, 9.17) is 10.1 Å². The van der Waals surface area contributed by atoms with Gasteiger partial charge in [-0.05, 0) is 24.6 Å². The van der Waals surface area contributed by atoms with Crippen molar-refractivity contribution in [3.05, 3.63) is 29.3 Å². The molecule has 0 heterocycles. The summed E-state index contributed by atoms with van der Waals surface area (Å²) in [5.41, 5.74) is 0.509. The van der Waals surface area contributed by atoms with E-state index in [0.29, 0.717) is 17.9 Å². The van der Waals surface area contributed by atoms with E-state index in [1.54, 1.807) is 19.1 Å².